The van der Waals surface area contributed by atoms with Crippen LogP contribution in [0.3, 0.4) is 0 Å². The van der Waals surface area contributed by atoms with E-state index in [1.54, 1.807) is 13.4 Å². The molecule has 0 saturated heterocycles. The van der Waals surface area contributed by atoms with E-state index in [9.17, 15) is 4.39 Å². The molecule has 1 heterocycles. The van der Waals surface area contributed by atoms with Gasteiger partial charge >= 0.3 is 0 Å². The lowest BCUT2D eigenvalue weighted by Gasteiger charge is -2.28. The molecule has 0 fully saturated rings. The Balaban J connectivity index is 2.74. The van der Waals surface area contributed by atoms with Crippen LogP contribution in [0.4, 0.5) is 4.39 Å². The van der Waals surface area contributed by atoms with E-state index in [0.29, 0.717) is 5.69 Å². The van der Waals surface area contributed by atoms with E-state index in [4.69, 9.17) is 0 Å². The van der Waals surface area contributed by atoms with Crippen molar-refractivity contribution in [2.24, 2.45) is 7.05 Å². The Hall–Kier alpha value is -0.860. The lowest BCUT2D eigenvalue weighted by atomic mass is 9.77. The van der Waals surface area contributed by atoms with Gasteiger partial charge in [0.25, 0.3) is 0 Å². The molecule has 0 aromatic carbocycles. The molecule has 0 saturated carbocycles. The van der Waals surface area contributed by atoms with Gasteiger partial charge in [-0.3, -0.25) is 0 Å². The number of hydrogen-bond acceptors (Lipinski definition) is 1. The van der Waals surface area contributed by atoms with E-state index < -0.39 is 0 Å². The van der Waals surface area contributed by atoms with E-state index in [-0.39, 0.29) is 11.4 Å². The third-order valence-electron chi connectivity index (χ3n) is 4.35. The van der Waals surface area contributed by atoms with E-state index in [0.717, 1.165) is 19.3 Å². The molecular weight excluding hydrogens is 251 g/mol. The SMILES string of the molecule is CCCCCCC(C)(CCCCC)c1ncn(C)c1F. The Morgan fingerprint density at radius 3 is 2.10 bits per heavy atom. The first-order valence-corrected chi connectivity index (χ1v) is 8.22. The van der Waals surface area contributed by atoms with Crippen LogP contribution in [-0.4, -0.2) is 9.55 Å². The summed E-state index contributed by atoms with van der Waals surface area (Å²) >= 11 is 0. The summed E-state index contributed by atoms with van der Waals surface area (Å²) in [5, 5.41) is 0. The molecule has 0 amide bonds. The quantitative estimate of drug-likeness (QED) is 0.528. The fourth-order valence-corrected chi connectivity index (χ4v) is 2.89. The largest absolute Gasteiger partial charge is 0.310 e. The number of hydrogen-bond donors (Lipinski definition) is 0. The Bertz CT molecular complexity index is 386. The van der Waals surface area contributed by atoms with Crippen LogP contribution in [0.25, 0.3) is 0 Å². The van der Waals surface area contributed by atoms with Crippen molar-refractivity contribution in [2.75, 3.05) is 0 Å². The molecule has 0 radical (unpaired) electrons. The molecule has 0 aliphatic rings. The summed E-state index contributed by atoms with van der Waals surface area (Å²) in [6.45, 7) is 6.62. The summed E-state index contributed by atoms with van der Waals surface area (Å²) in [4.78, 5) is 4.35. The number of unbranched alkanes of at least 4 members (excludes halogenated alkanes) is 5. The van der Waals surface area contributed by atoms with Crippen molar-refractivity contribution < 1.29 is 4.39 Å². The predicted molar refractivity (Wildman–Crippen MR) is 83.4 cm³/mol. The number of aromatic nitrogens is 2. The smallest absolute Gasteiger partial charge is 0.216 e. The minimum absolute atomic E-state index is 0.103. The van der Waals surface area contributed by atoms with E-state index in [2.05, 4.69) is 25.8 Å². The monoisotopic (exact) mass is 282 g/mol. The molecule has 116 valence electrons. The van der Waals surface area contributed by atoms with E-state index in [1.165, 1.54) is 43.1 Å². The molecule has 1 rings (SSSR count). The molecular formula is C17H31FN2. The molecule has 1 aromatic heterocycles. The van der Waals surface area contributed by atoms with Gasteiger partial charge in [-0.1, -0.05) is 65.7 Å². The van der Waals surface area contributed by atoms with Gasteiger partial charge in [0, 0.05) is 12.5 Å². The molecule has 1 unspecified atom stereocenters. The van der Waals surface area contributed by atoms with Crippen molar-refractivity contribution in [3.8, 4) is 0 Å². The molecule has 2 nitrogen and oxygen atoms in total. The van der Waals surface area contributed by atoms with Gasteiger partial charge in [0.15, 0.2) is 0 Å². The minimum Gasteiger partial charge on any atom is -0.310 e. The average molecular weight is 282 g/mol. The first kappa shape index (κ1) is 17.2. The van der Waals surface area contributed by atoms with Crippen molar-refractivity contribution in [1.29, 1.82) is 0 Å². The second-order valence-corrected chi connectivity index (χ2v) is 6.32. The van der Waals surface area contributed by atoms with Crippen LogP contribution in [0.1, 0.15) is 84.3 Å². The number of halogens is 1. The summed E-state index contributed by atoms with van der Waals surface area (Å²) in [5.41, 5.74) is 0.571. The minimum atomic E-state index is -0.153. The van der Waals surface area contributed by atoms with Crippen LogP contribution in [0.15, 0.2) is 6.33 Å². The fourth-order valence-electron chi connectivity index (χ4n) is 2.89. The molecule has 0 spiro atoms. The molecule has 0 aliphatic carbocycles. The second kappa shape index (κ2) is 8.43. The Morgan fingerprint density at radius 2 is 1.60 bits per heavy atom. The summed E-state index contributed by atoms with van der Waals surface area (Å²) in [6, 6.07) is 0. The predicted octanol–water partition coefficient (Wildman–Crippen LogP) is 5.37. The van der Waals surface area contributed by atoms with Gasteiger partial charge in [0.1, 0.15) is 5.69 Å². The van der Waals surface area contributed by atoms with Gasteiger partial charge in [-0.2, -0.15) is 4.39 Å². The molecule has 20 heavy (non-hydrogen) atoms. The van der Waals surface area contributed by atoms with Gasteiger partial charge in [0.2, 0.25) is 5.95 Å². The maximum atomic E-state index is 14.2. The van der Waals surface area contributed by atoms with Crippen LogP contribution in [0.5, 0.6) is 0 Å². The average Bonchev–Trinajstić information content (AvgIpc) is 2.76. The zero-order valence-corrected chi connectivity index (χ0v) is 13.7. The van der Waals surface area contributed by atoms with Crippen LogP contribution in [0, 0.1) is 5.95 Å². The summed E-state index contributed by atoms with van der Waals surface area (Å²) in [7, 11) is 1.73. The van der Waals surface area contributed by atoms with Crippen LogP contribution in [-0.2, 0) is 12.5 Å². The zero-order valence-electron chi connectivity index (χ0n) is 13.7. The van der Waals surface area contributed by atoms with Gasteiger partial charge in [-0.15, -0.1) is 0 Å². The highest BCUT2D eigenvalue weighted by molar-refractivity contribution is 5.14. The molecule has 1 aromatic rings. The lowest BCUT2D eigenvalue weighted by Crippen LogP contribution is -2.24. The maximum Gasteiger partial charge on any atom is 0.216 e. The van der Waals surface area contributed by atoms with Crippen molar-refractivity contribution in [1.82, 2.24) is 9.55 Å². The number of rotatable bonds is 10. The highest BCUT2D eigenvalue weighted by Crippen LogP contribution is 2.35. The van der Waals surface area contributed by atoms with Crippen molar-refractivity contribution in [3.63, 3.8) is 0 Å². The molecule has 1 atom stereocenters. The molecule has 3 heteroatoms. The topological polar surface area (TPSA) is 17.8 Å². The first-order chi connectivity index (χ1) is 9.55. The highest BCUT2D eigenvalue weighted by Gasteiger charge is 2.31. The van der Waals surface area contributed by atoms with Crippen molar-refractivity contribution in [2.45, 2.75) is 84.0 Å². The number of nitrogens with zero attached hydrogens (tertiary/aromatic N) is 2. The molecule has 0 N–H and O–H groups in total. The fraction of sp³-hybridized carbons (Fsp3) is 0.824. The third kappa shape index (κ3) is 4.60. The maximum absolute atomic E-state index is 14.2. The Labute approximate surface area is 123 Å². The van der Waals surface area contributed by atoms with E-state index >= 15 is 0 Å². The highest BCUT2D eigenvalue weighted by atomic mass is 19.1. The number of aryl methyl sites for hydroxylation is 1. The Morgan fingerprint density at radius 1 is 1.05 bits per heavy atom. The number of imidazole rings is 1. The van der Waals surface area contributed by atoms with E-state index in [1.807, 2.05) is 0 Å². The van der Waals surface area contributed by atoms with Crippen molar-refractivity contribution >= 4 is 0 Å². The van der Waals surface area contributed by atoms with Gasteiger partial charge < -0.3 is 4.57 Å². The lowest BCUT2D eigenvalue weighted by molar-refractivity contribution is 0.340. The van der Waals surface area contributed by atoms with Crippen LogP contribution in [0.2, 0.25) is 0 Å². The summed E-state index contributed by atoms with van der Waals surface area (Å²) in [5.74, 6) is -0.153. The first-order valence-electron chi connectivity index (χ1n) is 8.22. The van der Waals surface area contributed by atoms with Crippen LogP contribution < -0.4 is 0 Å². The zero-order chi connectivity index (χ0) is 15.0. The van der Waals surface area contributed by atoms with Crippen molar-refractivity contribution in [3.05, 3.63) is 18.0 Å². The summed E-state index contributed by atoms with van der Waals surface area (Å²) in [6.07, 6.45) is 12.2. The molecule has 0 bridgehead atoms. The molecule has 0 aliphatic heterocycles. The normalized spacial score (nSPS) is 14.4. The van der Waals surface area contributed by atoms with Gasteiger partial charge in [-0.25, -0.2) is 4.98 Å². The second-order valence-electron chi connectivity index (χ2n) is 6.32. The third-order valence-corrected chi connectivity index (χ3v) is 4.35. The Kier molecular flexibility index (Phi) is 7.25. The van der Waals surface area contributed by atoms with Gasteiger partial charge in [0.05, 0.1) is 6.33 Å². The standard InChI is InChI=1S/C17H31FN2/c1-5-7-9-11-13-17(3,12-10-8-6-2)15-16(18)20(4)14-19-15/h14H,5-13H2,1-4H3. The van der Waals surface area contributed by atoms with Crippen LogP contribution >= 0.6 is 0 Å². The summed E-state index contributed by atoms with van der Waals surface area (Å²) < 4.78 is 15.7. The van der Waals surface area contributed by atoms with Gasteiger partial charge in [-0.05, 0) is 12.8 Å².